The molecule has 7 nitrogen and oxygen atoms in total. The van der Waals surface area contributed by atoms with Crippen LogP contribution >= 0.6 is 0 Å². The Morgan fingerprint density at radius 2 is 2.24 bits per heavy atom. The van der Waals surface area contributed by atoms with Crippen molar-refractivity contribution in [1.82, 2.24) is 25.3 Å². The third-order valence-electron chi connectivity index (χ3n) is 5.66. The van der Waals surface area contributed by atoms with E-state index in [1.54, 1.807) is 6.07 Å². The SMILES string of the molecule is CC1CN(Cc2cccc(CNC(=O)c3ccn(C4CCCNC4)n3)c2)CCO1. The largest absolute Gasteiger partial charge is 0.376 e. The van der Waals surface area contributed by atoms with Gasteiger partial charge in [-0.2, -0.15) is 5.10 Å². The molecular formula is C22H31N5O2. The van der Waals surface area contributed by atoms with Gasteiger partial charge in [-0.05, 0) is 43.5 Å². The van der Waals surface area contributed by atoms with Crippen LogP contribution in [0.4, 0.5) is 0 Å². The summed E-state index contributed by atoms with van der Waals surface area (Å²) in [4.78, 5) is 14.9. The molecule has 0 saturated carbocycles. The first-order chi connectivity index (χ1) is 14.2. The van der Waals surface area contributed by atoms with E-state index in [9.17, 15) is 4.79 Å². The molecule has 2 aliphatic rings. The van der Waals surface area contributed by atoms with E-state index >= 15 is 0 Å². The summed E-state index contributed by atoms with van der Waals surface area (Å²) in [7, 11) is 0. The van der Waals surface area contributed by atoms with Gasteiger partial charge in [0.15, 0.2) is 0 Å². The van der Waals surface area contributed by atoms with Gasteiger partial charge in [0.25, 0.3) is 5.91 Å². The van der Waals surface area contributed by atoms with Crippen LogP contribution in [0.15, 0.2) is 36.5 Å². The van der Waals surface area contributed by atoms with Crippen LogP contribution in [0.5, 0.6) is 0 Å². The summed E-state index contributed by atoms with van der Waals surface area (Å²) in [5.74, 6) is -0.125. The average molecular weight is 398 g/mol. The van der Waals surface area contributed by atoms with Crippen LogP contribution in [-0.2, 0) is 17.8 Å². The predicted octanol–water partition coefficient (Wildman–Crippen LogP) is 1.96. The zero-order valence-electron chi connectivity index (χ0n) is 17.1. The maximum absolute atomic E-state index is 12.5. The van der Waals surface area contributed by atoms with Crippen molar-refractivity contribution in [3.8, 4) is 0 Å². The second kappa shape index (κ2) is 9.52. The van der Waals surface area contributed by atoms with Crippen LogP contribution in [0, 0.1) is 0 Å². The maximum Gasteiger partial charge on any atom is 0.272 e. The third-order valence-corrected chi connectivity index (χ3v) is 5.66. The summed E-state index contributed by atoms with van der Waals surface area (Å²) in [6.45, 7) is 8.22. The summed E-state index contributed by atoms with van der Waals surface area (Å²) in [5.41, 5.74) is 2.85. The number of nitrogens with one attached hydrogen (secondary N) is 2. The first-order valence-electron chi connectivity index (χ1n) is 10.6. The zero-order valence-corrected chi connectivity index (χ0v) is 17.1. The van der Waals surface area contributed by atoms with Gasteiger partial charge in [0.05, 0.1) is 18.8 Å². The fraction of sp³-hybridized carbons (Fsp3) is 0.545. The van der Waals surface area contributed by atoms with Gasteiger partial charge in [-0.3, -0.25) is 14.4 Å². The molecule has 2 N–H and O–H groups in total. The van der Waals surface area contributed by atoms with Crippen molar-refractivity contribution < 1.29 is 9.53 Å². The molecule has 0 aliphatic carbocycles. The van der Waals surface area contributed by atoms with Gasteiger partial charge in [-0.15, -0.1) is 0 Å². The molecule has 2 unspecified atom stereocenters. The molecule has 4 rings (SSSR count). The highest BCUT2D eigenvalue weighted by Crippen LogP contribution is 2.16. The van der Waals surface area contributed by atoms with Gasteiger partial charge in [0.1, 0.15) is 5.69 Å². The van der Waals surface area contributed by atoms with Gasteiger partial charge < -0.3 is 15.4 Å². The number of carbonyl (C=O) groups is 1. The van der Waals surface area contributed by atoms with E-state index in [1.165, 1.54) is 5.56 Å². The first-order valence-corrected chi connectivity index (χ1v) is 10.6. The summed E-state index contributed by atoms with van der Waals surface area (Å²) in [6.07, 6.45) is 4.45. The summed E-state index contributed by atoms with van der Waals surface area (Å²) in [6, 6.07) is 10.6. The molecule has 7 heteroatoms. The van der Waals surface area contributed by atoms with E-state index in [0.29, 0.717) is 18.3 Å². The molecule has 2 saturated heterocycles. The highest BCUT2D eigenvalue weighted by Gasteiger charge is 2.18. The van der Waals surface area contributed by atoms with Crippen LogP contribution in [-0.4, -0.2) is 59.5 Å². The lowest BCUT2D eigenvalue weighted by Gasteiger charge is -2.31. The molecule has 29 heavy (non-hydrogen) atoms. The molecule has 1 amide bonds. The van der Waals surface area contributed by atoms with Crippen LogP contribution in [0.2, 0.25) is 0 Å². The Hall–Kier alpha value is -2.22. The number of aromatic nitrogens is 2. The van der Waals surface area contributed by atoms with Gasteiger partial charge in [0.2, 0.25) is 0 Å². The Kier molecular flexibility index (Phi) is 6.59. The Morgan fingerprint density at radius 1 is 1.34 bits per heavy atom. The quantitative estimate of drug-likeness (QED) is 0.780. The molecule has 0 radical (unpaired) electrons. The van der Waals surface area contributed by atoms with Crippen molar-refractivity contribution in [3.05, 3.63) is 53.3 Å². The molecule has 2 atom stereocenters. The minimum atomic E-state index is -0.125. The third kappa shape index (κ3) is 5.44. The number of ether oxygens (including phenoxy) is 1. The van der Waals surface area contributed by atoms with Gasteiger partial charge >= 0.3 is 0 Å². The van der Waals surface area contributed by atoms with Crippen molar-refractivity contribution in [2.24, 2.45) is 0 Å². The molecular weight excluding hydrogens is 366 g/mol. The normalized spacial score (nSPS) is 23.1. The van der Waals surface area contributed by atoms with Crippen LogP contribution in [0.25, 0.3) is 0 Å². The van der Waals surface area contributed by atoms with E-state index < -0.39 is 0 Å². The Balaban J connectivity index is 1.30. The minimum Gasteiger partial charge on any atom is -0.376 e. The van der Waals surface area contributed by atoms with Crippen molar-refractivity contribution in [3.63, 3.8) is 0 Å². The number of carbonyl (C=O) groups excluding carboxylic acids is 1. The van der Waals surface area contributed by atoms with Crippen molar-refractivity contribution >= 4 is 5.91 Å². The number of hydrogen-bond acceptors (Lipinski definition) is 5. The molecule has 0 spiro atoms. The molecule has 0 bridgehead atoms. The Labute approximate surface area is 172 Å². The average Bonchev–Trinajstić information content (AvgIpc) is 3.23. The lowest BCUT2D eigenvalue weighted by Crippen LogP contribution is -2.40. The van der Waals surface area contributed by atoms with Crippen molar-refractivity contribution in [2.75, 3.05) is 32.8 Å². The Bertz CT molecular complexity index is 815. The van der Waals surface area contributed by atoms with E-state index in [4.69, 9.17) is 4.74 Å². The van der Waals surface area contributed by atoms with E-state index in [-0.39, 0.29) is 12.0 Å². The number of nitrogens with zero attached hydrogens (tertiary/aromatic N) is 3. The second-order valence-electron chi connectivity index (χ2n) is 8.10. The molecule has 2 aromatic rings. The van der Waals surface area contributed by atoms with Crippen LogP contribution < -0.4 is 10.6 Å². The molecule has 1 aromatic heterocycles. The monoisotopic (exact) mass is 397 g/mol. The summed E-state index contributed by atoms with van der Waals surface area (Å²) in [5, 5.41) is 10.9. The number of hydrogen-bond donors (Lipinski definition) is 2. The zero-order chi connectivity index (χ0) is 20.1. The smallest absolute Gasteiger partial charge is 0.272 e. The topological polar surface area (TPSA) is 71.4 Å². The molecule has 1 aromatic carbocycles. The predicted molar refractivity (Wildman–Crippen MR) is 112 cm³/mol. The first kappa shape index (κ1) is 20.1. The fourth-order valence-electron chi connectivity index (χ4n) is 4.12. The molecule has 2 aliphatic heterocycles. The number of morpholine rings is 1. The minimum absolute atomic E-state index is 0.125. The second-order valence-corrected chi connectivity index (χ2v) is 8.10. The van der Waals surface area contributed by atoms with Crippen molar-refractivity contribution in [2.45, 2.75) is 45.0 Å². The van der Waals surface area contributed by atoms with Gasteiger partial charge in [-0.25, -0.2) is 0 Å². The number of rotatable bonds is 6. The summed E-state index contributed by atoms with van der Waals surface area (Å²) < 4.78 is 7.54. The lowest BCUT2D eigenvalue weighted by atomic mass is 10.1. The standard InChI is InChI=1S/C22H31N5O2/c1-17-15-26(10-11-29-17)16-19-5-2-4-18(12-19)13-24-22(28)21-7-9-27(25-21)20-6-3-8-23-14-20/h2,4-5,7,9,12,17,20,23H,3,6,8,10-11,13-16H2,1H3,(H,24,28). The highest BCUT2D eigenvalue weighted by molar-refractivity contribution is 5.92. The van der Waals surface area contributed by atoms with Gasteiger partial charge in [-0.1, -0.05) is 24.3 Å². The van der Waals surface area contributed by atoms with Crippen LogP contribution in [0.1, 0.15) is 47.4 Å². The van der Waals surface area contributed by atoms with E-state index in [2.05, 4.69) is 51.8 Å². The van der Waals surface area contributed by atoms with E-state index in [1.807, 2.05) is 10.9 Å². The van der Waals surface area contributed by atoms with Gasteiger partial charge in [0, 0.05) is 38.9 Å². The molecule has 2 fully saturated rings. The highest BCUT2D eigenvalue weighted by atomic mass is 16.5. The molecule has 3 heterocycles. The summed E-state index contributed by atoms with van der Waals surface area (Å²) >= 11 is 0. The number of benzene rings is 1. The Morgan fingerprint density at radius 3 is 3.07 bits per heavy atom. The van der Waals surface area contributed by atoms with Crippen molar-refractivity contribution in [1.29, 1.82) is 0 Å². The van der Waals surface area contributed by atoms with E-state index in [0.717, 1.165) is 57.7 Å². The lowest BCUT2D eigenvalue weighted by molar-refractivity contribution is -0.0212. The molecule has 156 valence electrons. The maximum atomic E-state index is 12.5. The number of amides is 1. The fourth-order valence-corrected chi connectivity index (χ4v) is 4.12. The number of piperidine rings is 1. The van der Waals surface area contributed by atoms with Crippen LogP contribution in [0.3, 0.4) is 0 Å².